The Morgan fingerprint density at radius 3 is 1.02 bits per heavy atom. The van der Waals surface area contributed by atoms with Gasteiger partial charge in [0, 0.05) is 15.2 Å². The van der Waals surface area contributed by atoms with Crippen LogP contribution in [0.1, 0.15) is 5.56 Å². The van der Waals surface area contributed by atoms with Crippen LogP contribution in [0.4, 0.5) is 0 Å². The van der Waals surface area contributed by atoms with Crippen LogP contribution in [-0.2, 0) is 0 Å². The minimum absolute atomic E-state index is 1.20. The number of halogens is 2. The van der Waals surface area contributed by atoms with E-state index in [1.807, 2.05) is 0 Å². The molecule has 1 aromatic heterocycles. The SMILES string of the molecule is Cc1ccc2c(c1)c(=P(c1ccccc1)(c1ccccc1)c1ccccc1)p(Cl)c(=P(c1ccccc1)(c1ccccc1)c1ccccc1)p2Cl. The van der Waals surface area contributed by atoms with Gasteiger partial charge in [0.25, 0.3) is 0 Å². The molecule has 8 rings (SSSR count). The van der Waals surface area contributed by atoms with Gasteiger partial charge in [-0.3, -0.25) is 0 Å². The van der Waals surface area contributed by atoms with Gasteiger partial charge in [-0.2, -0.15) is 0 Å². The molecule has 0 amide bonds. The molecule has 0 saturated carbocycles. The summed E-state index contributed by atoms with van der Waals surface area (Å²) in [5.74, 6) is 0. The molecule has 0 saturated heterocycles. The molecule has 0 aliphatic heterocycles. The average molecular weight is 772 g/mol. The number of hydrogen-bond donors (Lipinski definition) is 0. The first-order valence-corrected chi connectivity index (χ1v) is 25.0. The summed E-state index contributed by atoms with van der Waals surface area (Å²) in [6, 6.07) is 73.5. The first kappa shape index (κ1) is 34.4. The molecule has 0 radical (unpaired) electrons. The maximum atomic E-state index is 8.57. The third-order valence-corrected chi connectivity index (χ3v) is 29.2. The zero-order chi connectivity index (χ0) is 34.8. The molecule has 0 aliphatic carbocycles. The van der Waals surface area contributed by atoms with Crippen molar-refractivity contribution < 1.29 is 0 Å². The highest BCUT2D eigenvalue weighted by Gasteiger charge is 2.33. The Morgan fingerprint density at radius 2 is 0.686 bits per heavy atom. The summed E-state index contributed by atoms with van der Waals surface area (Å²) in [4.78, 5) is 0. The van der Waals surface area contributed by atoms with Gasteiger partial charge in [-0.25, -0.2) is 0 Å². The van der Waals surface area contributed by atoms with Crippen LogP contribution in [0.5, 0.6) is 0 Å². The van der Waals surface area contributed by atoms with Crippen molar-refractivity contribution >= 4 is 92.4 Å². The molecule has 1 heterocycles. The van der Waals surface area contributed by atoms with E-state index in [4.69, 9.17) is 22.5 Å². The van der Waals surface area contributed by atoms with E-state index in [0.29, 0.717) is 0 Å². The second-order valence-electron chi connectivity index (χ2n) is 12.6. The summed E-state index contributed by atoms with van der Waals surface area (Å²) in [7, 11) is 0. The lowest BCUT2D eigenvalue weighted by molar-refractivity contribution is 1.51. The van der Waals surface area contributed by atoms with Crippen molar-refractivity contribution in [1.82, 2.24) is 0 Å². The highest BCUT2D eigenvalue weighted by molar-refractivity contribution is 8.04. The summed E-state index contributed by atoms with van der Waals surface area (Å²) >= 11 is 16.7. The van der Waals surface area contributed by atoms with Crippen LogP contribution in [0.25, 0.3) is 10.5 Å². The van der Waals surface area contributed by atoms with E-state index < -0.39 is 27.5 Å². The predicted molar refractivity (Wildman–Crippen MR) is 233 cm³/mol. The Kier molecular flexibility index (Phi) is 9.95. The van der Waals surface area contributed by atoms with Crippen LogP contribution >= 0.6 is 50.0 Å². The predicted octanol–water partition coefficient (Wildman–Crippen LogP) is 12.2. The zero-order valence-corrected chi connectivity index (χ0v) is 33.2. The minimum Gasteiger partial charge on any atom is -0.0622 e. The highest BCUT2D eigenvalue weighted by Crippen LogP contribution is 2.68. The summed E-state index contributed by atoms with van der Waals surface area (Å²) in [6.45, 7) is -5.78. The third kappa shape index (κ3) is 5.79. The van der Waals surface area contributed by atoms with Gasteiger partial charge >= 0.3 is 0 Å². The second-order valence-corrected chi connectivity index (χ2v) is 25.6. The summed E-state index contributed by atoms with van der Waals surface area (Å²) in [5.41, 5.74) is 1.21. The monoisotopic (exact) mass is 770 g/mol. The second kappa shape index (κ2) is 14.7. The lowest BCUT2D eigenvalue weighted by atomic mass is 10.2. The topological polar surface area (TPSA) is 0 Å². The molecule has 2 atom stereocenters. The van der Waals surface area contributed by atoms with E-state index in [0.717, 1.165) is 0 Å². The molecule has 0 bridgehead atoms. The van der Waals surface area contributed by atoms with E-state index in [2.05, 4.69) is 207 Å². The Balaban J connectivity index is 1.88. The number of aryl methyl sites for hydroxylation is 1. The van der Waals surface area contributed by atoms with Crippen LogP contribution in [0.2, 0.25) is 0 Å². The number of hydrogen-bond acceptors (Lipinski definition) is 0. The van der Waals surface area contributed by atoms with Gasteiger partial charge in [-0.05, 0) is 72.4 Å². The smallest absolute Gasteiger partial charge is 0.0532 e. The standard InChI is InChI=1S/C45H36Cl2P4/c1-35-32-33-43-42(34-35)44(50(36-20-8-2-9-21-36,37-22-10-3-11-23-37)38-24-12-4-13-25-38)49(47)45(48(43)46)51(39-26-14-5-15-27-39,40-28-16-6-17-29-40)41-30-18-7-19-31-41/h2-34H,1H3. The van der Waals surface area contributed by atoms with Gasteiger partial charge < -0.3 is 0 Å². The van der Waals surface area contributed by atoms with Crippen molar-refractivity contribution in [3.05, 3.63) is 215 Å². The van der Waals surface area contributed by atoms with Gasteiger partial charge in [0.05, 0.1) is 4.40 Å². The average Bonchev–Trinajstić information content (AvgIpc) is 3.20. The molecule has 51 heavy (non-hydrogen) atoms. The minimum atomic E-state index is -2.58. The molecule has 250 valence electrons. The van der Waals surface area contributed by atoms with Crippen molar-refractivity contribution in [2.45, 2.75) is 6.92 Å². The summed E-state index contributed by atoms with van der Waals surface area (Å²) in [5, 5.41) is 10.1. The summed E-state index contributed by atoms with van der Waals surface area (Å²) in [6.07, 6.45) is 0. The van der Waals surface area contributed by atoms with Gasteiger partial charge in [-0.15, -0.1) is 0 Å². The molecule has 0 N–H and O–H groups in total. The Morgan fingerprint density at radius 1 is 0.373 bits per heavy atom. The Labute approximate surface area is 312 Å². The van der Waals surface area contributed by atoms with Gasteiger partial charge in [0.2, 0.25) is 0 Å². The van der Waals surface area contributed by atoms with Gasteiger partial charge in [0.1, 0.15) is 0 Å². The third-order valence-electron chi connectivity index (χ3n) is 9.62. The molecule has 0 nitrogen and oxygen atoms in total. The normalized spacial score (nSPS) is 12.5. The van der Waals surface area contributed by atoms with Crippen LogP contribution < -0.4 is 31.8 Å². The Bertz CT molecular complexity index is 2450. The number of rotatable bonds is 6. The molecule has 0 aliphatic rings. The first-order valence-electron chi connectivity index (χ1n) is 17.0. The van der Waals surface area contributed by atoms with Crippen molar-refractivity contribution in [2.75, 3.05) is 0 Å². The number of fused-ring (bicyclic) bond motifs is 1. The van der Waals surface area contributed by atoms with Crippen molar-refractivity contribution in [2.24, 2.45) is 0 Å². The van der Waals surface area contributed by atoms with Crippen LogP contribution in [-0.4, -0.2) is 0 Å². The van der Waals surface area contributed by atoms with Gasteiger partial charge in [-0.1, -0.05) is 222 Å². The molecule has 7 aromatic carbocycles. The van der Waals surface area contributed by atoms with E-state index in [1.165, 1.54) is 57.0 Å². The van der Waals surface area contributed by atoms with Crippen LogP contribution in [0, 0.1) is 16.0 Å². The van der Waals surface area contributed by atoms with E-state index in [1.54, 1.807) is 0 Å². The van der Waals surface area contributed by atoms with Crippen LogP contribution in [0.3, 0.4) is 0 Å². The summed E-state index contributed by atoms with van der Waals surface area (Å²) < 4.78 is 2.61. The maximum absolute atomic E-state index is 8.57. The lowest BCUT2D eigenvalue weighted by Crippen LogP contribution is -2.26. The molecule has 0 fully saturated rings. The maximum Gasteiger partial charge on any atom is 0.0532 e. The van der Waals surface area contributed by atoms with E-state index in [-0.39, 0.29) is 0 Å². The number of benzene rings is 7. The van der Waals surface area contributed by atoms with Crippen LogP contribution in [0.15, 0.2) is 200 Å². The molecule has 0 spiro atoms. The fourth-order valence-electron chi connectivity index (χ4n) is 7.48. The largest absolute Gasteiger partial charge is 0.0622 e. The molecular formula is C45H36Cl2P4. The lowest BCUT2D eigenvalue weighted by Gasteiger charge is -2.33. The first-order chi connectivity index (χ1) is 25.1. The zero-order valence-electron chi connectivity index (χ0n) is 28.1. The van der Waals surface area contributed by atoms with Crippen molar-refractivity contribution in [3.8, 4) is 0 Å². The van der Waals surface area contributed by atoms with E-state index in [9.17, 15) is 0 Å². The molecular weight excluding hydrogens is 735 g/mol. The molecule has 2 unspecified atom stereocenters. The van der Waals surface area contributed by atoms with E-state index >= 15 is 0 Å². The quantitative estimate of drug-likeness (QED) is 0.148. The molecule has 6 heteroatoms. The van der Waals surface area contributed by atoms with Crippen molar-refractivity contribution in [3.63, 3.8) is 0 Å². The van der Waals surface area contributed by atoms with Gasteiger partial charge in [0.15, 0.2) is 0 Å². The fourth-order valence-corrected chi connectivity index (χ4v) is 30.9. The fraction of sp³-hybridized carbons (Fsp3) is 0.0222. The Hall–Kier alpha value is -3.68. The molecule has 8 aromatic rings. The highest BCUT2D eigenvalue weighted by atomic mass is 35.7. The van der Waals surface area contributed by atoms with Crippen molar-refractivity contribution in [1.29, 1.82) is 0 Å².